The summed E-state index contributed by atoms with van der Waals surface area (Å²) >= 11 is 0. The summed E-state index contributed by atoms with van der Waals surface area (Å²) in [5.74, 6) is 0.913. The number of nitrogens with zero attached hydrogens (tertiary/aromatic N) is 2. The van der Waals surface area contributed by atoms with Crippen molar-refractivity contribution in [3.8, 4) is 5.75 Å². The van der Waals surface area contributed by atoms with E-state index in [0.717, 1.165) is 38.9 Å². The number of piperidine rings is 1. The van der Waals surface area contributed by atoms with Gasteiger partial charge in [0.25, 0.3) is 0 Å². The molecule has 0 spiro atoms. The molecule has 0 bridgehead atoms. The van der Waals surface area contributed by atoms with Crippen molar-refractivity contribution in [3.05, 3.63) is 30.1 Å². The molecular weight excluding hydrogens is 528 g/mol. The van der Waals surface area contributed by atoms with Crippen molar-refractivity contribution in [3.63, 3.8) is 0 Å². The van der Waals surface area contributed by atoms with Crippen molar-refractivity contribution in [1.82, 2.24) is 20.9 Å². The predicted molar refractivity (Wildman–Crippen MR) is 135 cm³/mol. The fourth-order valence-corrected chi connectivity index (χ4v) is 3.24. The molecule has 1 aromatic carbocycles. The van der Waals surface area contributed by atoms with E-state index >= 15 is 0 Å². The lowest BCUT2D eigenvalue weighted by Gasteiger charge is -2.32. The highest BCUT2D eigenvalue weighted by Gasteiger charge is 2.21. The van der Waals surface area contributed by atoms with Gasteiger partial charge in [0.05, 0.1) is 13.1 Å². The second-order valence-corrected chi connectivity index (χ2v) is 7.68. The number of hydrogen-bond acceptors (Lipinski definition) is 5. The Labute approximate surface area is 207 Å². The highest BCUT2D eigenvalue weighted by atomic mass is 127. The zero-order valence-electron chi connectivity index (χ0n) is 19.0. The number of aliphatic imine (C=N–C) groups is 1. The minimum absolute atomic E-state index is 0. The molecule has 1 aliphatic rings. The van der Waals surface area contributed by atoms with E-state index in [1.165, 1.54) is 24.3 Å². The van der Waals surface area contributed by atoms with Crippen LogP contribution in [-0.2, 0) is 4.79 Å². The van der Waals surface area contributed by atoms with Crippen LogP contribution in [-0.4, -0.2) is 79.9 Å². The van der Waals surface area contributed by atoms with Crippen molar-refractivity contribution >= 4 is 35.8 Å². The van der Waals surface area contributed by atoms with Gasteiger partial charge in [-0.2, -0.15) is 0 Å². The summed E-state index contributed by atoms with van der Waals surface area (Å²) in [4.78, 5) is 18.5. The molecule has 4 N–H and O–H groups in total. The average Bonchev–Trinajstić information content (AvgIpc) is 2.77. The highest BCUT2D eigenvalue weighted by molar-refractivity contribution is 14.0. The molecule has 182 valence electrons. The number of ether oxygens (including phenoxy) is 1. The Kier molecular flexibility index (Phi) is 14.2. The minimum atomic E-state index is -0.774. The van der Waals surface area contributed by atoms with E-state index in [0.29, 0.717) is 24.8 Å². The van der Waals surface area contributed by atoms with Crippen LogP contribution in [0.25, 0.3) is 0 Å². The van der Waals surface area contributed by atoms with Crippen molar-refractivity contribution in [2.75, 3.05) is 45.9 Å². The van der Waals surface area contributed by atoms with Gasteiger partial charge in [-0.1, -0.05) is 6.92 Å². The maximum absolute atomic E-state index is 12.9. The molecule has 1 aliphatic heterocycles. The summed E-state index contributed by atoms with van der Waals surface area (Å²) in [5, 5.41) is 19.7. The smallest absolute Gasteiger partial charge is 0.234 e. The van der Waals surface area contributed by atoms with Crippen LogP contribution in [0.2, 0.25) is 0 Å². The fourth-order valence-electron chi connectivity index (χ4n) is 3.24. The summed E-state index contributed by atoms with van der Waals surface area (Å²) in [6.45, 7) is 7.88. The number of hydrogen-bond donors (Lipinski definition) is 4. The van der Waals surface area contributed by atoms with Crippen molar-refractivity contribution in [2.24, 2.45) is 4.99 Å². The first-order chi connectivity index (χ1) is 15.0. The first kappa shape index (κ1) is 28.4. The first-order valence-corrected chi connectivity index (χ1v) is 11.1. The molecular formula is C22H37FIN5O3. The zero-order valence-corrected chi connectivity index (χ0v) is 21.3. The second-order valence-electron chi connectivity index (χ2n) is 7.68. The third kappa shape index (κ3) is 11.3. The number of aliphatic hydroxyl groups excluding tert-OH is 1. The molecule has 8 nitrogen and oxygen atoms in total. The Bertz CT molecular complexity index is 685. The molecule has 1 unspecified atom stereocenters. The highest BCUT2D eigenvalue weighted by Crippen LogP contribution is 2.12. The molecule has 0 aliphatic carbocycles. The standard InChI is InChI=1S/C22H36FN5O3.HI/c1-3-11-25-21(30)15-28-12-9-18(10-13-28)27-22(24-4-2)26-14-19(29)16-31-20-7-5-17(23)6-8-20;/h5-8,18-19,29H,3-4,9-16H2,1-2H3,(H,25,30)(H2,24,26,27);1H. The number of aliphatic hydroxyl groups is 1. The number of rotatable bonds is 11. The molecule has 0 aromatic heterocycles. The monoisotopic (exact) mass is 565 g/mol. The van der Waals surface area contributed by atoms with Crippen LogP contribution in [0.3, 0.4) is 0 Å². The number of halogens is 2. The van der Waals surface area contributed by atoms with E-state index in [-0.39, 0.29) is 54.9 Å². The van der Waals surface area contributed by atoms with E-state index in [9.17, 15) is 14.3 Å². The SMILES string of the molecule is CCCNC(=O)CN1CCC(NC(=NCC(O)COc2ccc(F)cc2)NCC)CC1.I. The van der Waals surface area contributed by atoms with Crippen LogP contribution in [0, 0.1) is 5.82 Å². The quantitative estimate of drug-likeness (QED) is 0.186. The van der Waals surface area contributed by atoms with Gasteiger partial charge in [-0.15, -0.1) is 24.0 Å². The van der Waals surface area contributed by atoms with Crippen LogP contribution in [0.15, 0.2) is 29.3 Å². The van der Waals surface area contributed by atoms with Gasteiger partial charge in [0.15, 0.2) is 5.96 Å². The average molecular weight is 565 g/mol. The first-order valence-electron chi connectivity index (χ1n) is 11.1. The van der Waals surface area contributed by atoms with Crippen LogP contribution >= 0.6 is 24.0 Å². The van der Waals surface area contributed by atoms with Crippen LogP contribution in [0.1, 0.15) is 33.1 Å². The molecule has 10 heteroatoms. The molecule has 2 rings (SSSR count). The third-order valence-electron chi connectivity index (χ3n) is 4.93. The maximum atomic E-state index is 12.9. The third-order valence-corrected chi connectivity index (χ3v) is 4.93. The Hall–Kier alpha value is -1.66. The van der Waals surface area contributed by atoms with Crippen molar-refractivity contribution in [2.45, 2.75) is 45.3 Å². The summed E-state index contributed by atoms with van der Waals surface area (Å²) < 4.78 is 18.4. The molecule has 1 fully saturated rings. The minimum Gasteiger partial charge on any atom is -0.491 e. The Balaban J connectivity index is 0.00000512. The van der Waals surface area contributed by atoms with Gasteiger partial charge in [-0.05, 0) is 50.5 Å². The van der Waals surface area contributed by atoms with Gasteiger partial charge in [0.1, 0.15) is 24.3 Å². The molecule has 1 atom stereocenters. The predicted octanol–water partition coefficient (Wildman–Crippen LogP) is 1.73. The van der Waals surface area contributed by atoms with Crippen molar-refractivity contribution in [1.29, 1.82) is 0 Å². The summed E-state index contributed by atoms with van der Waals surface area (Å²) in [6, 6.07) is 5.94. The molecule has 0 radical (unpaired) electrons. The molecule has 1 saturated heterocycles. The van der Waals surface area contributed by atoms with Crippen LogP contribution in [0.5, 0.6) is 5.75 Å². The number of carbonyl (C=O) groups is 1. The number of guanidine groups is 1. The molecule has 1 heterocycles. The van der Waals surface area contributed by atoms with Gasteiger partial charge in [-0.25, -0.2) is 4.39 Å². The summed E-state index contributed by atoms with van der Waals surface area (Å²) in [5.41, 5.74) is 0. The largest absolute Gasteiger partial charge is 0.491 e. The summed E-state index contributed by atoms with van der Waals surface area (Å²) in [7, 11) is 0. The zero-order chi connectivity index (χ0) is 22.5. The van der Waals surface area contributed by atoms with Crippen molar-refractivity contribution < 1.29 is 19.0 Å². The fraction of sp³-hybridized carbons (Fsp3) is 0.636. The topological polar surface area (TPSA) is 98.2 Å². The van der Waals surface area contributed by atoms with E-state index in [1.54, 1.807) is 0 Å². The Morgan fingerprint density at radius 2 is 1.94 bits per heavy atom. The van der Waals surface area contributed by atoms with Crippen LogP contribution in [0.4, 0.5) is 4.39 Å². The lowest BCUT2D eigenvalue weighted by Crippen LogP contribution is -2.50. The number of carbonyl (C=O) groups excluding carboxylic acids is 1. The number of nitrogens with one attached hydrogen (secondary N) is 3. The van der Waals surface area contributed by atoms with E-state index < -0.39 is 6.10 Å². The lowest BCUT2D eigenvalue weighted by molar-refractivity contribution is -0.122. The van der Waals surface area contributed by atoms with E-state index in [4.69, 9.17) is 4.74 Å². The van der Waals surface area contributed by atoms with Gasteiger partial charge in [-0.3, -0.25) is 14.7 Å². The van der Waals surface area contributed by atoms with Gasteiger partial charge in [0, 0.05) is 32.2 Å². The molecule has 1 amide bonds. The van der Waals surface area contributed by atoms with Crippen LogP contribution < -0.4 is 20.7 Å². The lowest BCUT2D eigenvalue weighted by atomic mass is 10.1. The maximum Gasteiger partial charge on any atom is 0.234 e. The molecule has 0 saturated carbocycles. The van der Waals surface area contributed by atoms with E-state index in [2.05, 4.69) is 25.8 Å². The Morgan fingerprint density at radius 3 is 2.56 bits per heavy atom. The number of likely N-dealkylation sites (tertiary alicyclic amines) is 1. The number of benzene rings is 1. The molecule has 32 heavy (non-hydrogen) atoms. The molecule has 1 aromatic rings. The normalized spacial score (nSPS) is 16.1. The number of amides is 1. The van der Waals surface area contributed by atoms with Gasteiger partial charge in [0.2, 0.25) is 5.91 Å². The van der Waals surface area contributed by atoms with E-state index in [1.807, 2.05) is 13.8 Å². The summed E-state index contributed by atoms with van der Waals surface area (Å²) in [6.07, 6.45) is 2.00. The van der Waals surface area contributed by atoms with Gasteiger partial charge >= 0.3 is 0 Å². The second kappa shape index (κ2) is 16.0. The Morgan fingerprint density at radius 1 is 1.25 bits per heavy atom. The van der Waals surface area contributed by atoms with Gasteiger partial charge < -0.3 is 25.8 Å².